The van der Waals surface area contributed by atoms with Crippen molar-refractivity contribution in [3.63, 3.8) is 0 Å². The summed E-state index contributed by atoms with van der Waals surface area (Å²) >= 11 is 0. The van der Waals surface area contributed by atoms with Crippen LogP contribution in [0.3, 0.4) is 0 Å². The van der Waals surface area contributed by atoms with Gasteiger partial charge in [0.1, 0.15) is 11.8 Å². The molecule has 86 valence electrons. The Hall–Kier alpha value is -1.81. The van der Waals surface area contributed by atoms with Crippen LogP contribution in [0, 0.1) is 0 Å². The maximum Gasteiger partial charge on any atom is 0.320 e. The average molecular weight is 221 g/mol. The Labute approximate surface area is 94.3 Å². The van der Waals surface area contributed by atoms with Crippen LogP contribution in [0.15, 0.2) is 30.8 Å². The zero-order valence-corrected chi connectivity index (χ0v) is 9.14. The highest BCUT2D eigenvalue weighted by Gasteiger charge is 2.13. The Bertz CT molecular complexity index is 401. The summed E-state index contributed by atoms with van der Waals surface area (Å²) in [5.41, 5.74) is 6.97. The summed E-state index contributed by atoms with van der Waals surface area (Å²) < 4.78 is 5.07. The van der Waals surface area contributed by atoms with Gasteiger partial charge in [-0.3, -0.25) is 4.79 Å². The normalized spacial score (nSPS) is 11.9. The summed E-state index contributed by atoms with van der Waals surface area (Å²) in [6.07, 6.45) is 0.225. The van der Waals surface area contributed by atoms with Crippen LogP contribution in [-0.4, -0.2) is 24.2 Å². The van der Waals surface area contributed by atoms with Crippen molar-refractivity contribution in [3.05, 3.63) is 36.4 Å². The molecule has 1 atom stereocenters. The Morgan fingerprint density at radius 2 is 2.31 bits per heavy atom. The molecule has 0 aliphatic rings. The molecule has 3 N–H and O–H groups in total. The Balaban J connectivity index is 2.76. The molecule has 0 saturated heterocycles. The second-order valence-electron chi connectivity index (χ2n) is 3.48. The summed E-state index contributed by atoms with van der Waals surface area (Å²) in [5.74, 6) is -0.313. The van der Waals surface area contributed by atoms with Gasteiger partial charge in [-0.15, -0.1) is 0 Å². The van der Waals surface area contributed by atoms with Crippen LogP contribution in [0.4, 0.5) is 0 Å². The van der Waals surface area contributed by atoms with Gasteiger partial charge in [0.05, 0.1) is 7.11 Å². The minimum absolute atomic E-state index is 0.225. The van der Waals surface area contributed by atoms with Crippen LogP contribution < -0.4 is 10.5 Å². The van der Waals surface area contributed by atoms with E-state index in [4.69, 9.17) is 15.6 Å². The number of hydrogen-bond donors (Lipinski definition) is 2. The van der Waals surface area contributed by atoms with Gasteiger partial charge in [-0.2, -0.15) is 0 Å². The molecule has 0 aromatic heterocycles. The highest BCUT2D eigenvalue weighted by Crippen LogP contribution is 2.21. The standard InChI is InChI=1S/C12H15NO3/c1-8(6-11(13)12(14)15)9-4-3-5-10(7-9)16-2/h3-5,7,11H,1,6,13H2,2H3,(H,14,15)/t11-/m1/s1. The number of aliphatic carboxylic acids is 1. The average Bonchev–Trinajstić information content (AvgIpc) is 2.28. The lowest BCUT2D eigenvalue weighted by Gasteiger charge is -2.10. The van der Waals surface area contributed by atoms with Crippen LogP contribution in [0.5, 0.6) is 5.75 Å². The smallest absolute Gasteiger partial charge is 0.320 e. The first-order valence-electron chi connectivity index (χ1n) is 4.85. The van der Waals surface area contributed by atoms with E-state index in [2.05, 4.69) is 6.58 Å². The van der Waals surface area contributed by atoms with Gasteiger partial charge in [0.2, 0.25) is 0 Å². The molecule has 0 bridgehead atoms. The second kappa shape index (κ2) is 5.32. The van der Waals surface area contributed by atoms with E-state index in [1.807, 2.05) is 18.2 Å². The maximum atomic E-state index is 10.6. The molecule has 0 fully saturated rings. The fourth-order valence-electron chi connectivity index (χ4n) is 1.31. The number of rotatable bonds is 5. The van der Waals surface area contributed by atoms with E-state index in [-0.39, 0.29) is 6.42 Å². The molecule has 0 amide bonds. The molecule has 1 rings (SSSR count). The van der Waals surface area contributed by atoms with Crippen LogP contribution in [-0.2, 0) is 4.79 Å². The van der Waals surface area contributed by atoms with E-state index >= 15 is 0 Å². The number of ether oxygens (including phenoxy) is 1. The quantitative estimate of drug-likeness (QED) is 0.790. The molecular weight excluding hydrogens is 206 g/mol. The van der Waals surface area contributed by atoms with Crippen LogP contribution in [0.1, 0.15) is 12.0 Å². The van der Waals surface area contributed by atoms with E-state index < -0.39 is 12.0 Å². The van der Waals surface area contributed by atoms with Crippen molar-refractivity contribution >= 4 is 11.5 Å². The summed E-state index contributed by atoms with van der Waals surface area (Å²) in [5, 5.41) is 8.69. The molecule has 4 heteroatoms. The third kappa shape index (κ3) is 3.10. The Kier molecular flexibility index (Phi) is 4.08. The topological polar surface area (TPSA) is 72.6 Å². The van der Waals surface area contributed by atoms with E-state index in [1.165, 1.54) is 0 Å². The molecule has 0 aliphatic carbocycles. The van der Waals surface area contributed by atoms with Crippen molar-refractivity contribution < 1.29 is 14.6 Å². The van der Waals surface area contributed by atoms with Gasteiger partial charge in [-0.25, -0.2) is 0 Å². The molecule has 0 spiro atoms. The summed E-state index contributed by atoms with van der Waals surface area (Å²) in [7, 11) is 1.57. The molecule has 4 nitrogen and oxygen atoms in total. The summed E-state index contributed by atoms with van der Waals surface area (Å²) in [6.45, 7) is 3.82. The molecule has 0 saturated carbocycles. The fraction of sp³-hybridized carbons (Fsp3) is 0.250. The minimum Gasteiger partial charge on any atom is -0.497 e. The van der Waals surface area contributed by atoms with E-state index in [0.29, 0.717) is 11.3 Å². The number of carbonyl (C=O) groups is 1. The molecule has 0 aliphatic heterocycles. The van der Waals surface area contributed by atoms with Gasteiger partial charge >= 0.3 is 5.97 Å². The lowest BCUT2D eigenvalue weighted by molar-refractivity contribution is -0.138. The first-order chi connectivity index (χ1) is 7.54. The summed E-state index contributed by atoms with van der Waals surface area (Å²) in [6, 6.07) is 6.37. The van der Waals surface area contributed by atoms with Crippen molar-refractivity contribution in [2.45, 2.75) is 12.5 Å². The van der Waals surface area contributed by atoms with E-state index in [0.717, 1.165) is 5.56 Å². The third-order valence-electron chi connectivity index (χ3n) is 2.26. The number of hydrogen-bond acceptors (Lipinski definition) is 3. The Morgan fingerprint density at radius 1 is 1.62 bits per heavy atom. The molecule has 0 unspecified atom stereocenters. The second-order valence-corrected chi connectivity index (χ2v) is 3.48. The number of carboxylic acids is 1. The van der Waals surface area contributed by atoms with Crippen molar-refractivity contribution in [1.82, 2.24) is 0 Å². The third-order valence-corrected chi connectivity index (χ3v) is 2.26. The number of benzene rings is 1. The van der Waals surface area contributed by atoms with Crippen LogP contribution >= 0.6 is 0 Å². The highest BCUT2D eigenvalue weighted by atomic mass is 16.5. The minimum atomic E-state index is -1.02. The maximum absolute atomic E-state index is 10.6. The first kappa shape index (κ1) is 12.3. The van der Waals surface area contributed by atoms with Gasteiger partial charge in [0.15, 0.2) is 0 Å². The fourth-order valence-corrected chi connectivity index (χ4v) is 1.31. The molecule has 1 aromatic rings. The molecule has 1 aromatic carbocycles. The number of methoxy groups -OCH3 is 1. The van der Waals surface area contributed by atoms with Gasteiger partial charge < -0.3 is 15.6 Å². The Morgan fingerprint density at radius 3 is 2.88 bits per heavy atom. The monoisotopic (exact) mass is 221 g/mol. The lowest BCUT2D eigenvalue weighted by Crippen LogP contribution is -2.30. The first-order valence-corrected chi connectivity index (χ1v) is 4.85. The van der Waals surface area contributed by atoms with Crippen LogP contribution in [0.2, 0.25) is 0 Å². The molecule has 0 heterocycles. The molecule has 16 heavy (non-hydrogen) atoms. The summed E-state index contributed by atoms with van der Waals surface area (Å²) in [4.78, 5) is 10.6. The van der Waals surface area contributed by atoms with Gasteiger partial charge in [0.25, 0.3) is 0 Å². The lowest BCUT2D eigenvalue weighted by atomic mass is 10.0. The number of nitrogens with two attached hydrogens (primary N) is 1. The van der Waals surface area contributed by atoms with Gasteiger partial charge in [0, 0.05) is 0 Å². The highest BCUT2D eigenvalue weighted by molar-refractivity contribution is 5.77. The van der Waals surface area contributed by atoms with Crippen molar-refractivity contribution in [1.29, 1.82) is 0 Å². The zero-order valence-electron chi connectivity index (χ0n) is 9.14. The van der Waals surface area contributed by atoms with E-state index in [1.54, 1.807) is 13.2 Å². The predicted molar refractivity (Wildman–Crippen MR) is 62.3 cm³/mol. The van der Waals surface area contributed by atoms with Crippen LogP contribution in [0.25, 0.3) is 5.57 Å². The van der Waals surface area contributed by atoms with Crippen molar-refractivity contribution in [2.24, 2.45) is 5.73 Å². The van der Waals surface area contributed by atoms with Gasteiger partial charge in [-0.05, 0) is 29.7 Å². The SMILES string of the molecule is C=C(C[C@@H](N)C(=O)O)c1cccc(OC)c1. The number of carboxylic acid groups (broad SMARTS) is 1. The predicted octanol–water partition coefficient (Wildman–Crippen LogP) is 1.51. The zero-order chi connectivity index (χ0) is 12.1. The largest absolute Gasteiger partial charge is 0.497 e. The van der Waals surface area contributed by atoms with Gasteiger partial charge in [-0.1, -0.05) is 18.7 Å². The van der Waals surface area contributed by atoms with E-state index in [9.17, 15) is 4.79 Å². The van der Waals surface area contributed by atoms with Crippen molar-refractivity contribution in [3.8, 4) is 5.75 Å². The molecule has 0 radical (unpaired) electrons. The van der Waals surface area contributed by atoms with Crippen molar-refractivity contribution in [2.75, 3.05) is 7.11 Å². The molecular formula is C12H15NO3.